The van der Waals surface area contributed by atoms with Gasteiger partial charge < -0.3 is 8.83 Å². The van der Waals surface area contributed by atoms with E-state index < -0.39 is 0 Å². The van der Waals surface area contributed by atoms with E-state index in [0.717, 1.165) is 16.6 Å². The Balaban J connectivity index is 1.50. The first-order chi connectivity index (χ1) is 14.8. The molecular formula is C25H18N2O3. The Hall–Kier alpha value is -3.99. The summed E-state index contributed by atoms with van der Waals surface area (Å²) in [7, 11) is 0. The zero-order valence-corrected chi connectivity index (χ0v) is 16.1. The van der Waals surface area contributed by atoms with Crippen molar-refractivity contribution in [1.82, 2.24) is 9.97 Å². The molecular weight excluding hydrogens is 376 g/mol. The molecule has 0 bridgehead atoms. The van der Waals surface area contributed by atoms with Crippen LogP contribution in [0, 0.1) is 0 Å². The highest BCUT2D eigenvalue weighted by Crippen LogP contribution is 2.31. The molecule has 3 heterocycles. The van der Waals surface area contributed by atoms with E-state index in [1.54, 1.807) is 12.5 Å². The SMILES string of the molecule is O=C(Cc1ccccc1)Cc1ccc2nc(-c3ccco3)c(-c3ccco3)nc2c1. The van der Waals surface area contributed by atoms with Crippen LogP contribution in [0.1, 0.15) is 11.1 Å². The van der Waals surface area contributed by atoms with Gasteiger partial charge in [-0.15, -0.1) is 0 Å². The average Bonchev–Trinajstić information content (AvgIpc) is 3.48. The summed E-state index contributed by atoms with van der Waals surface area (Å²) < 4.78 is 11.1. The summed E-state index contributed by atoms with van der Waals surface area (Å²) in [6.45, 7) is 0. The van der Waals surface area contributed by atoms with Crippen molar-refractivity contribution in [1.29, 1.82) is 0 Å². The number of carbonyl (C=O) groups is 1. The Kier molecular flexibility index (Phi) is 4.69. The minimum absolute atomic E-state index is 0.159. The number of benzene rings is 2. The van der Waals surface area contributed by atoms with Crippen molar-refractivity contribution >= 4 is 16.8 Å². The van der Waals surface area contributed by atoms with E-state index in [0.29, 0.717) is 41.3 Å². The second-order valence-electron chi connectivity index (χ2n) is 7.08. The predicted octanol–water partition coefficient (Wildman–Crippen LogP) is 5.50. The maximum Gasteiger partial charge on any atom is 0.154 e. The maximum atomic E-state index is 12.5. The molecule has 0 radical (unpaired) electrons. The van der Waals surface area contributed by atoms with E-state index in [4.69, 9.17) is 18.8 Å². The number of fused-ring (bicyclic) bond motifs is 1. The van der Waals surface area contributed by atoms with Crippen molar-refractivity contribution in [3.8, 4) is 22.9 Å². The van der Waals surface area contributed by atoms with Crippen LogP contribution in [0.4, 0.5) is 0 Å². The van der Waals surface area contributed by atoms with Gasteiger partial charge in [0.2, 0.25) is 0 Å². The number of carbonyl (C=O) groups excluding carboxylic acids is 1. The fourth-order valence-corrected chi connectivity index (χ4v) is 3.49. The average molecular weight is 394 g/mol. The molecule has 0 amide bonds. The van der Waals surface area contributed by atoms with Gasteiger partial charge in [0, 0.05) is 12.8 Å². The van der Waals surface area contributed by atoms with E-state index in [-0.39, 0.29) is 5.78 Å². The Bertz CT molecular complexity index is 1290. The number of ketones is 1. The van der Waals surface area contributed by atoms with Crippen LogP contribution in [0.25, 0.3) is 33.9 Å². The summed E-state index contributed by atoms with van der Waals surface area (Å²) in [5, 5.41) is 0. The second kappa shape index (κ2) is 7.79. The van der Waals surface area contributed by atoms with E-state index in [1.165, 1.54) is 0 Å². The van der Waals surface area contributed by atoms with Crippen LogP contribution in [-0.2, 0) is 17.6 Å². The Morgan fingerprint density at radius 2 is 1.30 bits per heavy atom. The van der Waals surface area contributed by atoms with Crippen LogP contribution in [0.15, 0.2) is 94.2 Å². The van der Waals surface area contributed by atoms with E-state index in [1.807, 2.05) is 72.8 Å². The lowest BCUT2D eigenvalue weighted by Crippen LogP contribution is -2.06. The van der Waals surface area contributed by atoms with Crippen LogP contribution in [0.3, 0.4) is 0 Å². The molecule has 0 aliphatic rings. The molecule has 5 aromatic rings. The Morgan fingerprint density at radius 3 is 1.93 bits per heavy atom. The number of hydrogen-bond donors (Lipinski definition) is 0. The fourth-order valence-electron chi connectivity index (χ4n) is 3.49. The second-order valence-corrected chi connectivity index (χ2v) is 7.08. The van der Waals surface area contributed by atoms with Gasteiger partial charge in [-0.25, -0.2) is 9.97 Å². The molecule has 0 unspecified atom stereocenters. The van der Waals surface area contributed by atoms with Crippen molar-refractivity contribution in [3.63, 3.8) is 0 Å². The molecule has 3 aromatic heterocycles. The third-order valence-corrected chi connectivity index (χ3v) is 4.88. The van der Waals surface area contributed by atoms with Gasteiger partial charge in [0.1, 0.15) is 17.2 Å². The van der Waals surface area contributed by atoms with Crippen LogP contribution < -0.4 is 0 Å². The largest absolute Gasteiger partial charge is 0.463 e. The summed E-state index contributed by atoms with van der Waals surface area (Å²) in [4.78, 5) is 22.1. The number of aromatic nitrogens is 2. The van der Waals surface area contributed by atoms with Crippen molar-refractivity contribution in [2.75, 3.05) is 0 Å². The van der Waals surface area contributed by atoms with Gasteiger partial charge in [0.05, 0.1) is 23.6 Å². The minimum atomic E-state index is 0.159. The quantitative estimate of drug-likeness (QED) is 0.380. The molecule has 30 heavy (non-hydrogen) atoms. The number of hydrogen-bond acceptors (Lipinski definition) is 5. The lowest BCUT2D eigenvalue weighted by molar-refractivity contribution is -0.117. The van der Waals surface area contributed by atoms with Gasteiger partial charge in [-0.1, -0.05) is 36.4 Å². The summed E-state index contributed by atoms with van der Waals surface area (Å²) in [5.41, 5.74) is 4.60. The van der Waals surface area contributed by atoms with Crippen molar-refractivity contribution < 1.29 is 13.6 Å². The molecule has 0 saturated carbocycles. The van der Waals surface area contributed by atoms with Gasteiger partial charge in [-0.3, -0.25) is 4.79 Å². The summed E-state index contributed by atoms with van der Waals surface area (Å²) in [6, 6.07) is 22.8. The molecule has 146 valence electrons. The van der Waals surface area contributed by atoms with E-state index >= 15 is 0 Å². The number of rotatable bonds is 6. The molecule has 0 fully saturated rings. The Labute approximate surface area is 173 Å². The van der Waals surface area contributed by atoms with Gasteiger partial charge in [0.25, 0.3) is 0 Å². The summed E-state index contributed by atoms with van der Waals surface area (Å²) >= 11 is 0. The zero-order valence-electron chi connectivity index (χ0n) is 16.1. The molecule has 5 nitrogen and oxygen atoms in total. The molecule has 0 saturated heterocycles. The van der Waals surface area contributed by atoms with Gasteiger partial charge in [-0.2, -0.15) is 0 Å². The lowest BCUT2D eigenvalue weighted by Gasteiger charge is -2.08. The standard InChI is InChI=1S/C25H18N2O3/c28-19(14-17-6-2-1-3-7-17)15-18-10-11-20-21(16-18)27-25(23-9-5-13-30-23)24(26-20)22-8-4-12-29-22/h1-13,16H,14-15H2. The van der Waals surface area contributed by atoms with Gasteiger partial charge in [-0.05, 0) is 47.5 Å². The van der Waals surface area contributed by atoms with Crippen LogP contribution in [0.5, 0.6) is 0 Å². The molecule has 0 aliphatic heterocycles. The zero-order chi connectivity index (χ0) is 20.3. The van der Waals surface area contributed by atoms with Crippen molar-refractivity contribution in [3.05, 3.63) is 96.4 Å². The molecule has 0 atom stereocenters. The predicted molar refractivity (Wildman–Crippen MR) is 114 cm³/mol. The summed E-state index contributed by atoms with van der Waals surface area (Å²) in [5.74, 6) is 1.39. The third-order valence-electron chi connectivity index (χ3n) is 4.88. The van der Waals surface area contributed by atoms with E-state index in [2.05, 4.69) is 0 Å². The summed E-state index contributed by atoms with van der Waals surface area (Å²) in [6.07, 6.45) is 3.97. The number of furan rings is 2. The Morgan fingerprint density at radius 1 is 0.667 bits per heavy atom. The smallest absolute Gasteiger partial charge is 0.154 e. The molecule has 5 heteroatoms. The molecule has 2 aromatic carbocycles. The van der Waals surface area contributed by atoms with E-state index in [9.17, 15) is 4.79 Å². The van der Waals surface area contributed by atoms with Crippen LogP contribution in [-0.4, -0.2) is 15.8 Å². The maximum absolute atomic E-state index is 12.5. The van der Waals surface area contributed by atoms with Gasteiger partial charge >= 0.3 is 0 Å². The third kappa shape index (κ3) is 3.65. The highest BCUT2D eigenvalue weighted by atomic mass is 16.3. The lowest BCUT2D eigenvalue weighted by atomic mass is 10.0. The van der Waals surface area contributed by atoms with Crippen LogP contribution >= 0.6 is 0 Å². The molecule has 0 spiro atoms. The first-order valence-electron chi connectivity index (χ1n) is 9.70. The molecule has 0 N–H and O–H groups in total. The number of nitrogens with zero attached hydrogens (tertiary/aromatic N) is 2. The van der Waals surface area contributed by atoms with Crippen LogP contribution in [0.2, 0.25) is 0 Å². The topological polar surface area (TPSA) is 69.1 Å². The fraction of sp³-hybridized carbons (Fsp3) is 0.0800. The highest BCUT2D eigenvalue weighted by Gasteiger charge is 2.17. The normalized spacial score (nSPS) is 11.1. The number of Topliss-reactive ketones (excluding diaryl/α,β-unsaturated/α-hetero) is 1. The molecule has 0 aliphatic carbocycles. The van der Waals surface area contributed by atoms with Gasteiger partial charge in [0.15, 0.2) is 11.5 Å². The minimum Gasteiger partial charge on any atom is -0.463 e. The van der Waals surface area contributed by atoms with Crippen molar-refractivity contribution in [2.24, 2.45) is 0 Å². The first kappa shape index (κ1) is 18.1. The molecule has 5 rings (SSSR count). The monoisotopic (exact) mass is 394 g/mol. The highest BCUT2D eigenvalue weighted by molar-refractivity contribution is 5.87. The first-order valence-corrected chi connectivity index (χ1v) is 9.70. The van der Waals surface area contributed by atoms with Crippen molar-refractivity contribution in [2.45, 2.75) is 12.8 Å².